The molecule has 0 heterocycles. The summed E-state index contributed by atoms with van der Waals surface area (Å²) in [6.45, 7) is 0. The van der Waals surface area contributed by atoms with Crippen molar-refractivity contribution in [2.45, 2.75) is 7.74 Å². The van der Waals surface area contributed by atoms with E-state index in [4.69, 9.17) is 0 Å². The molecule has 0 saturated heterocycles. The molecule has 78 valence electrons. The Morgan fingerprint density at radius 2 is 1.57 bits per heavy atom. The number of alkyl halides is 4. The number of benzene rings is 1. The Morgan fingerprint density at radius 3 is 1.93 bits per heavy atom. The van der Waals surface area contributed by atoms with Gasteiger partial charge in [0.15, 0.2) is 0 Å². The van der Waals surface area contributed by atoms with Gasteiger partial charge in [0.1, 0.15) is 2.14 Å². The molecule has 1 rings (SSSR count). The van der Waals surface area contributed by atoms with Crippen LogP contribution < -0.4 is 5.11 Å². The molecule has 1 atom stereocenters. The van der Waals surface area contributed by atoms with Gasteiger partial charge >= 0.3 is 0 Å². The Balaban J connectivity index is 3.15. The van der Waals surface area contributed by atoms with Crippen molar-refractivity contribution >= 4 is 63.7 Å². The number of halogens is 4. The van der Waals surface area contributed by atoms with Crippen LogP contribution in [-0.4, -0.2) is 7.47 Å². The summed E-state index contributed by atoms with van der Waals surface area (Å²) in [6, 6.07) is 9.21. The molecule has 0 amide bonds. The van der Waals surface area contributed by atoms with Crippen molar-refractivity contribution < 1.29 is 5.11 Å². The van der Waals surface area contributed by atoms with Gasteiger partial charge in [0.05, 0.1) is 0 Å². The van der Waals surface area contributed by atoms with E-state index < -0.39 is 7.74 Å². The van der Waals surface area contributed by atoms with Gasteiger partial charge in [-0.15, -0.1) is 0 Å². The second-order valence-corrected chi connectivity index (χ2v) is 10.1. The molecule has 0 N–H and O–H groups in total. The summed E-state index contributed by atoms with van der Waals surface area (Å²) in [4.78, 5) is 0. The van der Waals surface area contributed by atoms with Crippen molar-refractivity contribution in [1.29, 1.82) is 0 Å². The average molecular weight is 451 g/mol. The van der Waals surface area contributed by atoms with Crippen molar-refractivity contribution in [2.75, 3.05) is 5.33 Å². The van der Waals surface area contributed by atoms with Crippen LogP contribution in [-0.2, 0) is 5.60 Å². The van der Waals surface area contributed by atoms with Crippen LogP contribution in [0.4, 0.5) is 0 Å². The van der Waals surface area contributed by atoms with Gasteiger partial charge in [0.2, 0.25) is 0 Å². The van der Waals surface area contributed by atoms with E-state index in [0.29, 0.717) is 10.9 Å². The summed E-state index contributed by atoms with van der Waals surface area (Å²) in [7, 11) is 0. The normalized spacial score (nSPS) is 16.4. The van der Waals surface area contributed by atoms with Gasteiger partial charge < -0.3 is 5.11 Å². The summed E-state index contributed by atoms with van der Waals surface area (Å²) < 4.78 is -0.856. The SMILES string of the molecule is [O-]C(CBr)(c1ccccc1)C(Br)(Br)Br. The molecule has 0 spiro atoms. The van der Waals surface area contributed by atoms with Crippen LogP contribution in [0.15, 0.2) is 30.3 Å². The molecule has 1 aromatic carbocycles. The number of hydrogen-bond acceptors (Lipinski definition) is 1. The van der Waals surface area contributed by atoms with E-state index in [9.17, 15) is 5.11 Å². The van der Waals surface area contributed by atoms with Gasteiger partial charge in [0.25, 0.3) is 0 Å². The minimum absolute atomic E-state index is 0.297. The zero-order valence-electron chi connectivity index (χ0n) is 7.01. The van der Waals surface area contributed by atoms with Crippen molar-refractivity contribution in [1.82, 2.24) is 0 Å². The summed E-state index contributed by atoms with van der Waals surface area (Å²) >= 11 is 13.1. The molecule has 0 saturated carbocycles. The molecule has 0 aliphatic carbocycles. The lowest BCUT2D eigenvalue weighted by atomic mass is 9.98. The Labute approximate surface area is 117 Å². The molecule has 0 aliphatic heterocycles. The third kappa shape index (κ3) is 2.61. The van der Waals surface area contributed by atoms with E-state index in [2.05, 4.69) is 63.7 Å². The number of rotatable bonds is 2. The molecule has 1 nitrogen and oxygen atoms in total. The minimum Gasteiger partial charge on any atom is -0.843 e. The Bertz CT molecular complexity index is 295. The Hall–Kier alpha value is 1.10. The molecule has 1 unspecified atom stereocenters. The molecule has 0 radical (unpaired) electrons. The molecule has 0 fully saturated rings. The highest BCUT2D eigenvalue weighted by Gasteiger charge is 2.37. The van der Waals surface area contributed by atoms with Crippen molar-refractivity contribution in [2.24, 2.45) is 0 Å². The lowest BCUT2D eigenvalue weighted by molar-refractivity contribution is -0.474. The lowest BCUT2D eigenvalue weighted by Gasteiger charge is -2.46. The first-order valence-electron chi connectivity index (χ1n) is 3.80. The minimum atomic E-state index is -1.31. The highest BCUT2D eigenvalue weighted by molar-refractivity contribution is 9.39. The van der Waals surface area contributed by atoms with E-state index in [1.54, 1.807) is 0 Å². The number of hydrogen-bond donors (Lipinski definition) is 0. The van der Waals surface area contributed by atoms with Crippen LogP contribution >= 0.6 is 63.7 Å². The van der Waals surface area contributed by atoms with Crippen LogP contribution in [0.1, 0.15) is 5.56 Å². The summed E-state index contributed by atoms with van der Waals surface area (Å²) in [5, 5.41) is 12.8. The second kappa shape index (κ2) is 4.95. The van der Waals surface area contributed by atoms with E-state index >= 15 is 0 Å². The zero-order valence-corrected chi connectivity index (χ0v) is 13.4. The summed E-state index contributed by atoms with van der Waals surface area (Å²) in [6.07, 6.45) is 0. The zero-order chi connectivity index (χ0) is 10.8. The van der Waals surface area contributed by atoms with Crippen molar-refractivity contribution in [3.63, 3.8) is 0 Å². The Kier molecular flexibility index (Phi) is 4.66. The topological polar surface area (TPSA) is 23.1 Å². The highest BCUT2D eigenvalue weighted by Crippen LogP contribution is 2.48. The molecular formula is C9H7Br4O-. The monoisotopic (exact) mass is 447 g/mol. The standard InChI is InChI=1S/C9H7Br4O/c10-6-8(14,9(11,12)13)7-4-2-1-3-5-7/h1-5H,6H2/q-1. The fraction of sp³-hybridized carbons (Fsp3) is 0.333. The predicted octanol–water partition coefficient (Wildman–Crippen LogP) is 3.48. The first-order valence-corrected chi connectivity index (χ1v) is 7.30. The maximum absolute atomic E-state index is 12.5. The molecule has 5 heteroatoms. The highest BCUT2D eigenvalue weighted by atomic mass is 80.0. The van der Waals surface area contributed by atoms with Gasteiger partial charge in [-0.2, -0.15) is 0 Å². The summed E-state index contributed by atoms with van der Waals surface area (Å²) in [5.74, 6) is 0. The quantitative estimate of drug-likeness (QED) is 0.633. The molecule has 0 aromatic heterocycles. The molecule has 0 aliphatic rings. The first-order chi connectivity index (χ1) is 6.42. The van der Waals surface area contributed by atoms with Crippen LogP contribution in [0.5, 0.6) is 0 Å². The molecular weight excluding hydrogens is 444 g/mol. The maximum atomic E-state index is 12.5. The van der Waals surface area contributed by atoms with E-state index in [1.807, 2.05) is 30.3 Å². The molecule has 14 heavy (non-hydrogen) atoms. The third-order valence-corrected chi connectivity index (χ3v) is 4.60. The van der Waals surface area contributed by atoms with Crippen LogP contribution in [0.25, 0.3) is 0 Å². The smallest absolute Gasteiger partial charge is 0.130 e. The lowest BCUT2D eigenvalue weighted by Crippen LogP contribution is -2.52. The van der Waals surface area contributed by atoms with Gasteiger partial charge in [-0.25, -0.2) is 0 Å². The fourth-order valence-corrected chi connectivity index (χ4v) is 4.00. The van der Waals surface area contributed by atoms with Gasteiger partial charge in [-0.1, -0.05) is 99.6 Å². The largest absolute Gasteiger partial charge is 0.843 e. The van der Waals surface area contributed by atoms with Crippen molar-refractivity contribution in [3.05, 3.63) is 35.9 Å². The average Bonchev–Trinajstić information content (AvgIpc) is 2.16. The van der Waals surface area contributed by atoms with Crippen LogP contribution in [0.2, 0.25) is 0 Å². The van der Waals surface area contributed by atoms with E-state index in [1.165, 1.54) is 0 Å². The van der Waals surface area contributed by atoms with Gasteiger partial charge in [-0.3, -0.25) is 0 Å². The second-order valence-electron chi connectivity index (χ2n) is 2.82. The van der Waals surface area contributed by atoms with Gasteiger partial charge in [-0.05, 0) is 5.60 Å². The predicted molar refractivity (Wildman–Crippen MR) is 71.4 cm³/mol. The van der Waals surface area contributed by atoms with Gasteiger partial charge in [0, 0.05) is 5.33 Å². The first kappa shape index (κ1) is 13.2. The van der Waals surface area contributed by atoms with Crippen molar-refractivity contribution in [3.8, 4) is 0 Å². The molecule has 1 aromatic rings. The van der Waals surface area contributed by atoms with E-state index in [-0.39, 0.29) is 0 Å². The summed E-state index contributed by atoms with van der Waals surface area (Å²) in [5.41, 5.74) is -0.601. The third-order valence-electron chi connectivity index (χ3n) is 1.89. The maximum Gasteiger partial charge on any atom is 0.130 e. The fourth-order valence-electron chi connectivity index (χ4n) is 1.02. The van der Waals surface area contributed by atoms with Crippen LogP contribution in [0, 0.1) is 0 Å². The van der Waals surface area contributed by atoms with E-state index in [0.717, 1.165) is 0 Å². The Morgan fingerprint density at radius 1 is 1.07 bits per heavy atom. The molecule has 0 bridgehead atoms. The van der Waals surface area contributed by atoms with Crippen LogP contribution in [0.3, 0.4) is 0 Å².